The summed E-state index contributed by atoms with van der Waals surface area (Å²) in [5, 5.41) is 2.30. The van der Waals surface area contributed by atoms with E-state index >= 15 is 0 Å². The van der Waals surface area contributed by atoms with E-state index in [1.165, 1.54) is 4.90 Å². The smallest absolute Gasteiger partial charge is 0.319 e. The maximum Gasteiger partial charge on any atom is 0.319 e. The average Bonchev–Trinajstić information content (AvgIpc) is 3.19. The molecule has 0 aromatic heterocycles. The number of rotatable bonds is 2. The van der Waals surface area contributed by atoms with Crippen LogP contribution < -0.4 is 9.64 Å². The lowest BCUT2D eigenvalue weighted by Gasteiger charge is -2.38. The normalized spacial score (nSPS) is 24.3. The van der Waals surface area contributed by atoms with Gasteiger partial charge in [0, 0.05) is 21.9 Å². The first kappa shape index (κ1) is 22.0. The topological polar surface area (TPSA) is 63.7 Å². The number of hydrogen-bond donors (Lipinski definition) is 0. The molecule has 180 valence electrons. The summed E-state index contributed by atoms with van der Waals surface area (Å²) in [6.45, 7) is 0. The highest BCUT2D eigenvalue weighted by atomic mass is 35.5. The molecule has 0 saturated carbocycles. The number of imide groups is 1. The van der Waals surface area contributed by atoms with Crippen LogP contribution in [0, 0.1) is 17.8 Å². The second-order valence-electron chi connectivity index (χ2n) is 9.66. The zero-order chi connectivity index (χ0) is 25.3. The summed E-state index contributed by atoms with van der Waals surface area (Å²) in [5.41, 5.74) is 2.89. The summed E-state index contributed by atoms with van der Waals surface area (Å²) < 4.78 is 5.92. The quantitative estimate of drug-likeness (QED) is 0.190. The minimum absolute atomic E-state index is 0.321. The molecule has 0 unspecified atom stereocenters. The maximum atomic E-state index is 14.0. The molecule has 0 N–H and O–H groups in total. The maximum absolute atomic E-state index is 14.0. The third kappa shape index (κ3) is 3.20. The average molecular weight is 506 g/mol. The number of benzene rings is 4. The van der Waals surface area contributed by atoms with E-state index in [4.69, 9.17) is 16.3 Å². The first-order chi connectivity index (χ1) is 18.0. The molecule has 0 bridgehead atoms. The van der Waals surface area contributed by atoms with Crippen molar-refractivity contribution in [3.05, 3.63) is 113 Å². The van der Waals surface area contributed by atoms with Gasteiger partial charge in [0.2, 0.25) is 11.8 Å². The molecule has 2 heterocycles. The number of nitrogens with zero attached hydrogens (tertiary/aromatic N) is 1. The van der Waals surface area contributed by atoms with Crippen LogP contribution in [0.4, 0.5) is 5.69 Å². The van der Waals surface area contributed by atoms with Crippen molar-refractivity contribution in [1.29, 1.82) is 0 Å². The SMILES string of the molecule is O=C1Oc2c(ccc3ccccc23)C2=C[C@H](c3ccccc3)[C@@H]3C(=O)N(c4ccc(Cl)cc4)C(=O)[C@H]3[C@H]12. The van der Waals surface area contributed by atoms with Gasteiger partial charge in [-0.15, -0.1) is 0 Å². The van der Waals surface area contributed by atoms with E-state index in [-0.39, 0.29) is 11.8 Å². The summed E-state index contributed by atoms with van der Waals surface area (Å²) in [6, 6.07) is 28.0. The van der Waals surface area contributed by atoms with E-state index in [1.54, 1.807) is 24.3 Å². The number of halogens is 1. The number of fused-ring (bicyclic) bond motifs is 7. The zero-order valence-corrected chi connectivity index (χ0v) is 20.3. The molecular formula is C31H20ClNO4. The number of ether oxygens (including phenoxy) is 1. The van der Waals surface area contributed by atoms with Gasteiger partial charge in [0.1, 0.15) is 5.75 Å². The highest BCUT2D eigenvalue weighted by molar-refractivity contribution is 6.31. The lowest BCUT2D eigenvalue weighted by Crippen LogP contribution is -2.42. The van der Waals surface area contributed by atoms with Crippen molar-refractivity contribution in [2.45, 2.75) is 5.92 Å². The Morgan fingerprint density at radius 2 is 1.43 bits per heavy atom. The molecule has 37 heavy (non-hydrogen) atoms. The van der Waals surface area contributed by atoms with Crippen molar-refractivity contribution < 1.29 is 19.1 Å². The van der Waals surface area contributed by atoms with Crippen LogP contribution in [0.2, 0.25) is 5.02 Å². The van der Waals surface area contributed by atoms with Gasteiger partial charge in [0.25, 0.3) is 0 Å². The Morgan fingerprint density at radius 3 is 2.22 bits per heavy atom. The van der Waals surface area contributed by atoms with Crippen molar-refractivity contribution in [3.63, 3.8) is 0 Å². The number of amides is 2. The van der Waals surface area contributed by atoms with E-state index in [0.29, 0.717) is 16.5 Å². The number of carbonyl (C=O) groups excluding carboxylic acids is 3. The third-order valence-electron chi connectivity index (χ3n) is 7.75. The molecule has 7 rings (SSSR count). The largest absolute Gasteiger partial charge is 0.425 e. The summed E-state index contributed by atoms with van der Waals surface area (Å²) >= 11 is 6.06. The molecule has 1 saturated heterocycles. The van der Waals surface area contributed by atoms with E-state index in [0.717, 1.165) is 27.5 Å². The minimum atomic E-state index is -0.875. The Kier molecular flexibility index (Phi) is 4.85. The molecule has 4 aromatic rings. The first-order valence-electron chi connectivity index (χ1n) is 12.2. The summed E-state index contributed by atoms with van der Waals surface area (Å²) in [6.07, 6.45) is 2.01. The fraction of sp³-hybridized carbons (Fsp3) is 0.129. The number of carbonyl (C=O) groups is 3. The fourth-order valence-corrected chi connectivity index (χ4v) is 6.26. The number of hydrogen-bond acceptors (Lipinski definition) is 4. The Balaban J connectivity index is 1.44. The van der Waals surface area contributed by atoms with Crippen molar-refractivity contribution in [1.82, 2.24) is 0 Å². The molecule has 2 aliphatic heterocycles. The van der Waals surface area contributed by atoms with Crippen LogP contribution in [-0.4, -0.2) is 17.8 Å². The lowest BCUT2D eigenvalue weighted by atomic mass is 9.64. The zero-order valence-electron chi connectivity index (χ0n) is 19.5. The van der Waals surface area contributed by atoms with Crippen molar-refractivity contribution in [3.8, 4) is 5.75 Å². The molecule has 4 aromatic carbocycles. The number of esters is 1. The Labute approximate surface area is 217 Å². The molecular weight excluding hydrogens is 486 g/mol. The van der Waals surface area contributed by atoms with Gasteiger partial charge < -0.3 is 4.74 Å². The molecule has 1 aliphatic carbocycles. The fourth-order valence-electron chi connectivity index (χ4n) is 6.13. The molecule has 3 aliphatic rings. The molecule has 0 radical (unpaired) electrons. The van der Waals surface area contributed by atoms with Crippen molar-refractivity contribution in [2.75, 3.05) is 4.90 Å². The molecule has 4 atom stereocenters. The van der Waals surface area contributed by atoms with Crippen LogP contribution in [0.25, 0.3) is 16.3 Å². The van der Waals surface area contributed by atoms with Crippen LogP contribution in [0.5, 0.6) is 5.75 Å². The van der Waals surface area contributed by atoms with E-state index in [1.807, 2.05) is 72.8 Å². The Bertz CT molecular complexity index is 1640. The third-order valence-corrected chi connectivity index (χ3v) is 8.01. The van der Waals surface area contributed by atoms with Crippen molar-refractivity contribution >= 4 is 51.4 Å². The summed E-state index contributed by atoms with van der Waals surface area (Å²) in [5.74, 6) is -3.57. The highest BCUT2D eigenvalue weighted by Crippen LogP contribution is 2.55. The second-order valence-corrected chi connectivity index (χ2v) is 10.1. The predicted molar refractivity (Wildman–Crippen MR) is 141 cm³/mol. The first-order valence-corrected chi connectivity index (χ1v) is 12.5. The second kappa shape index (κ2) is 8.15. The van der Waals surface area contributed by atoms with Gasteiger partial charge in [-0.3, -0.25) is 14.4 Å². The van der Waals surface area contributed by atoms with Crippen LogP contribution in [0.1, 0.15) is 17.0 Å². The van der Waals surface area contributed by atoms with Crippen LogP contribution in [0.15, 0.2) is 97.1 Å². The van der Waals surface area contributed by atoms with E-state index in [2.05, 4.69) is 0 Å². The summed E-state index contributed by atoms with van der Waals surface area (Å²) in [7, 11) is 0. The van der Waals surface area contributed by atoms with Gasteiger partial charge in [-0.25, -0.2) is 4.90 Å². The lowest BCUT2D eigenvalue weighted by molar-refractivity contribution is -0.142. The van der Waals surface area contributed by atoms with Gasteiger partial charge in [-0.1, -0.05) is 84.4 Å². The molecule has 0 spiro atoms. The molecule has 6 heteroatoms. The molecule has 5 nitrogen and oxygen atoms in total. The van der Waals surface area contributed by atoms with Gasteiger partial charge in [-0.05, 0) is 40.8 Å². The summed E-state index contributed by atoms with van der Waals surface area (Å²) in [4.78, 5) is 42.7. The Morgan fingerprint density at radius 1 is 0.730 bits per heavy atom. The van der Waals surface area contributed by atoms with E-state index < -0.39 is 29.6 Å². The van der Waals surface area contributed by atoms with Crippen LogP contribution >= 0.6 is 11.6 Å². The highest BCUT2D eigenvalue weighted by Gasteiger charge is 2.60. The van der Waals surface area contributed by atoms with Crippen LogP contribution in [-0.2, 0) is 14.4 Å². The number of anilines is 1. The minimum Gasteiger partial charge on any atom is -0.425 e. The standard InChI is InChI=1S/C31H20ClNO4/c32-19-11-13-20(14-12-19)33-29(34)25-23(17-6-2-1-3-7-17)16-24-22-15-10-18-8-4-5-9-21(18)28(22)37-31(36)26(24)27(25)30(33)35/h1-16,23,25-27H/t23-,25+,26-,27-/m1/s1. The molecule has 2 amide bonds. The van der Waals surface area contributed by atoms with Gasteiger partial charge in [0.15, 0.2) is 0 Å². The van der Waals surface area contributed by atoms with Gasteiger partial charge in [-0.2, -0.15) is 0 Å². The molecule has 1 fully saturated rings. The van der Waals surface area contributed by atoms with Crippen molar-refractivity contribution in [2.24, 2.45) is 17.8 Å². The monoisotopic (exact) mass is 505 g/mol. The van der Waals surface area contributed by atoms with Crippen LogP contribution in [0.3, 0.4) is 0 Å². The number of allylic oxidation sites excluding steroid dienone is 1. The predicted octanol–water partition coefficient (Wildman–Crippen LogP) is 6.02. The van der Waals surface area contributed by atoms with Gasteiger partial charge in [0.05, 0.1) is 23.4 Å². The van der Waals surface area contributed by atoms with E-state index in [9.17, 15) is 14.4 Å². The Hall–Kier alpha value is -4.22. The van der Waals surface area contributed by atoms with Gasteiger partial charge >= 0.3 is 5.97 Å².